The van der Waals surface area contributed by atoms with E-state index in [2.05, 4.69) is 9.71 Å². The summed E-state index contributed by atoms with van der Waals surface area (Å²) in [5.41, 5.74) is 3.98. The monoisotopic (exact) mass is 343 g/mol. The molecule has 2 aromatic carbocycles. The van der Waals surface area contributed by atoms with Gasteiger partial charge in [0.1, 0.15) is 5.82 Å². The third-order valence-corrected chi connectivity index (χ3v) is 5.72. The smallest absolute Gasteiger partial charge is 0.240 e. The van der Waals surface area contributed by atoms with Crippen molar-refractivity contribution < 1.29 is 8.42 Å². The average Bonchev–Trinajstić information content (AvgIpc) is 2.86. The van der Waals surface area contributed by atoms with Gasteiger partial charge in [-0.2, -0.15) is 0 Å². The van der Waals surface area contributed by atoms with Gasteiger partial charge in [-0.25, -0.2) is 18.1 Å². The normalized spacial score (nSPS) is 12.0. The lowest BCUT2D eigenvalue weighted by molar-refractivity contribution is 0.572. The number of hydrogen-bond acceptors (Lipinski definition) is 3. The maximum absolute atomic E-state index is 12.4. The first kappa shape index (κ1) is 16.7. The lowest BCUT2D eigenvalue weighted by atomic mass is 10.1. The first-order valence-corrected chi connectivity index (χ1v) is 9.35. The van der Waals surface area contributed by atoms with Gasteiger partial charge in [0.05, 0.1) is 15.9 Å². The number of nitrogens with zero attached hydrogens (tertiary/aromatic N) is 2. The van der Waals surface area contributed by atoms with Gasteiger partial charge in [0.2, 0.25) is 10.0 Å². The highest BCUT2D eigenvalue weighted by Gasteiger charge is 2.14. The number of imidazole rings is 1. The van der Waals surface area contributed by atoms with Crippen molar-refractivity contribution in [2.24, 2.45) is 0 Å². The lowest BCUT2D eigenvalue weighted by Gasteiger charge is -2.10. The molecule has 0 spiro atoms. The topological polar surface area (TPSA) is 64.0 Å². The van der Waals surface area contributed by atoms with Crippen molar-refractivity contribution in [3.63, 3.8) is 0 Å². The minimum Gasteiger partial charge on any atom is -0.327 e. The molecule has 0 unspecified atom stereocenters. The zero-order chi connectivity index (χ0) is 17.3. The summed E-state index contributed by atoms with van der Waals surface area (Å²) >= 11 is 0. The molecule has 0 amide bonds. The van der Waals surface area contributed by atoms with Gasteiger partial charge in [0, 0.05) is 13.1 Å². The highest BCUT2D eigenvalue weighted by molar-refractivity contribution is 7.89. The van der Waals surface area contributed by atoms with Gasteiger partial charge in [0.15, 0.2) is 0 Å². The molecule has 5 nitrogen and oxygen atoms in total. The Balaban J connectivity index is 1.75. The van der Waals surface area contributed by atoms with E-state index in [9.17, 15) is 8.42 Å². The summed E-state index contributed by atoms with van der Waals surface area (Å²) in [5, 5.41) is 0. The van der Waals surface area contributed by atoms with Crippen molar-refractivity contribution in [1.82, 2.24) is 14.3 Å². The molecule has 126 valence electrons. The van der Waals surface area contributed by atoms with E-state index in [1.54, 1.807) is 12.1 Å². The molecule has 0 aliphatic heterocycles. The molecule has 3 rings (SSSR count). The van der Waals surface area contributed by atoms with Gasteiger partial charge < -0.3 is 4.57 Å². The van der Waals surface area contributed by atoms with Crippen LogP contribution in [0, 0.1) is 20.8 Å². The number of benzene rings is 2. The van der Waals surface area contributed by atoms with Crippen LogP contribution in [0.15, 0.2) is 47.4 Å². The standard InChI is InChI=1S/C18H21N3O2S/c1-13-8-9-16(12-14(13)2)24(22,23)19-10-11-21-15(3)20-17-6-4-5-7-18(17)21/h4-9,12,19H,10-11H2,1-3H3. The van der Waals surface area contributed by atoms with Crippen LogP contribution in [0.25, 0.3) is 11.0 Å². The van der Waals surface area contributed by atoms with E-state index in [4.69, 9.17) is 0 Å². The molecule has 1 N–H and O–H groups in total. The molecule has 0 saturated carbocycles. The van der Waals surface area contributed by atoms with Crippen molar-refractivity contribution in [2.75, 3.05) is 6.54 Å². The highest BCUT2D eigenvalue weighted by Crippen LogP contribution is 2.16. The molecule has 0 aliphatic carbocycles. The second kappa shape index (κ2) is 6.37. The number of aromatic nitrogens is 2. The maximum Gasteiger partial charge on any atom is 0.240 e. The minimum absolute atomic E-state index is 0.304. The third kappa shape index (κ3) is 3.20. The SMILES string of the molecule is Cc1ccc(S(=O)(=O)NCCn2c(C)nc3ccccc32)cc1C. The first-order valence-electron chi connectivity index (χ1n) is 7.87. The molecule has 6 heteroatoms. The number of nitrogens with one attached hydrogen (secondary N) is 1. The Morgan fingerprint density at radius 3 is 2.54 bits per heavy atom. The van der Waals surface area contributed by atoms with Crippen molar-refractivity contribution in [3.05, 3.63) is 59.4 Å². The van der Waals surface area contributed by atoms with Crippen LogP contribution in [-0.2, 0) is 16.6 Å². The fourth-order valence-corrected chi connectivity index (χ4v) is 3.84. The van der Waals surface area contributed by atoms with Crippen LogP contribution in [0.2, 0.25) is 0 Å². The molecule has 0 aliphatic rings. The second-order valence-electron chi connectivity index (χ2n) is 5.94. The summed E-state index contributed by atoms with van der Waals surface area (Å²) in [6, 6.07) is 13.0. The van der Waals surface area contributed by atoms with Gasteiger partial charge in [-0.15, -0.1) is 0 Å². The third-order valence-electron chi connectivity index (χ3n) is 4.26. The molecule has 1 aromatic heterocycles. The van der Waals surface area contributed by atoms with Gasteiger partial charge in [0.25, 0.3) is 0 Å². The van der Waals surface area contributed by atoms with Crippen molar-refractivity contribution in [2.45, 2.75) is 32.2 Å². The maximum atomic E-state index is 12.4. The molecular formula is C18H21N3O2S. The van der Waals surface area contributed by atoms with E-state index in [1.807, 2.05) is 55.7 Å². The van der Waals surface area contributed by atoms with Gasteiger partial charge in [-0.1, -0.05) is 18.2 Å². The molecule has 3 aromatic rings. The molecule has 24 heavy (non-hydrogen) atoms. The number of para-hydroxylation sites is 2. The van der Waals surface area contributed by atoms with Crippen LogP contribution in [0.1, 0.15) is 17.0 Å². The largest absolute Gasteiger partial charge is 0.327 e. The van der Waals surface area contributed by atoms with Crippen LogP contribution < -0.4 is 4.72 Å². The summed E-state index contributed by atoms with van der Waals surface area (Å²) in [6.45, 7) is 6.66. The quantitative estimate of drug-likeness (QED) is 0.775. The molecular weight excluding hydrogens is 322 g/mol. The predicted octanol–water partition coefficient (Wildman–Crippen LogP) is 2.94. The number of hydrogen-bond donors (Lipinski definition) is 1. The number of aryl methyl sites for hydroxylation is 3. The Labute approximate surface area is 142 Å². The van der Waals surface area contributed by atoms with Crippen LogP contribution in [0.3, 0.4) is 0 Å². The fraction of sp³-hybridized carbons (Fsp3) is 0.278. The first-order chi connectivity index (χ1) is 11.4. The summed E-state index contributed by atoms with van der Waals surface area (Å²) in [7, 11) is -3.50. The van der Waals surface area contributed by atoms with E-state index in [0.29, 0.717) is 18.0 Å². The average molecular weight is 343 g/mol. The van der Waals surface area contributed by atoms with E-state index < -0.39 is 10.0 Å². The van der Waals surface area contributed by atoms with Gasteiger partial charge >= 0.3 is 0 Å². The number of sulfonamides is 1. The van der Waals surface area contributed by atoms with Crippen molar-refractivity contribution >= 4 is 21.1 Å². The van der Waals surface area contributed by atoms with E-state index in [0.717, 1.165) is 28.0 Å². The second-order valence-corrected chi connectivity index (χ2v) is 7.71. The molecule has 0 saturated heterocycles. The van der Waals surface area contributed by atoms with Crippen LogP contribution in [0.5, 0.6) is 0 Å². The summed E-state index contributed by atoms with van der Waals surface area (Å²) in [5.74, 6) is 0.876. The van der Waals surface area contributed by atoms with Crippen LogP contribution in [-0.4, -0.2) is 24.5 Å². The molecule has 1 heterocycles. The lowest BCUT2D eigenvalue weighted by Crippen LogP contribution is -2.27. The summed E-state index contributed by atoms with van der Waals surface area (Å²) < 4.78 is 29.6. The minimum atomic E-state index is -3.50. The van der Waals surface area contributed by atoms with Gasteiger partial charge in [-0.3, -0.25) is 0 Å². The summed E-state index contributed by atoms with van der Waals surface area (Å²) in [4.78, 5) is 4.80. The fourth-order valence-electron chi connectivity index (χ4n) is 2.73. The highest BCUT2D eigenvalue weighted by atomic mass is 32.2. The number of rotatable bonds is 5. The molecule has 0 radical (unpaired) electrons. The van der Waals surface area contributed by atoms with E-state index in [1.165, 1.54) is 0 Å². The molecule has 0 bridgehead atoms. The van der Waals surface area contributed by atoms with Crippen molar-refractivity contribution in [3.8, 4) is 0 Å². The van der Waals surface area contributed by atoms with Gasteiger partial charge in [-0.05, 0) is 56.2 Å². The zero-order valence-corrected chi connectivity index (χ0v) is 14.9. The van der Waals surface area contributed by atoms with Crippen LogP contribution in [0.4, 0.5) is 0 Å². The van der Waals surface area contributed by atoms with E-state index >= 15 is 0 Å². The summed E-state index contributed by atoms with van der Waals surface area (Å²) in [6.07, 6.45) is 0. The molecule has 0 atom stereocenters. The Hall–Kier alpha value is -2.18. The van der Waals surface area contributed by atoms with E-state index in [-0.39, 0.29) is 0 Å². The Kier molecular flexibility index (Phi) is 4.43. The zero-order valence-electron chi connectivity index (χ0n) is 14.1. The molecule has 0 fully saturated rings. The Morgan fingerprint density at radius 2 is 1.79 bits per heavy atom. The Bertz CT molecular complexity index is 991. The van der Waals surface area contributed by atoms with Crippen molar-refractivity contribution in [1.29, 1.82) is 0 Å². The predicted molar refractivity (Wildman–Crippen MR) is 95.6 cm³/mol. The van der Waals surface area contributed by atoms with Crippen LogP contribution >= 0.6 is 0 Å². The number of fused-ring (bicyclic) bond motifs is 1. The Morgan fingerprint density at radius 1 is 1.04 bits per heavy atom.